The van der Waals surface area contributed by atoms with E-state index >= 15 is 4.39 Å². The van der Waals surface area contributed by atoms with E-state index in [-0.39, 0.29) is 29.4 Å². The maximum absolute atomic E-state index is 15.5. The number of aromatic nitrogens is 4. The molecule has 36 heavy (non-hydrogen) atoms. The number of hydrogen-bond acceptors (Lipinski definition) is 8. The predicted molar refractivity (Wildman–Crippen MR) is 130 cm³/mol. The molecule has 2 aromatic heterocycles. The summed E-state index contributed by atoms with van der Waals surface area (Å²) in [7, 11) is -2.78. The lowest BCUT2D eigenvalue weighted by Gasteiger charge is -2.46. The number of fused-ring (bicyclic) bond motifs is 2. The lowest BCUT2D eigenvalue weighted by atomic mass is 9.82. The molecule has 0 spiro atoms. The lowest BCUT2D eigenvalue weighted by molar-refractivity contribution is 0.103. The number of halogens is 2. The van der Waals surface area contributed by atoms with Gasteiger partial charge in [-0.2, -0.15) is 9.37 Å². The van der Waals surface area contributed by atoms with Gasteiger partial charge in [-0.3, -0.25) is 0 Å². The fourth-order valence-corrected chi connectivity index (χ4v) is 5.51. The quantitative estimate of drug-likeness (QED) is 0.493. The smallest absolute Gasteiger partial charge is 0.245 e. The maximum atomic E-state index is 15.5. The molecule has 8 nitrogen and oxygen atoms in total. The zero-order chi connectivity index (χ0) is 27.3. The largest absolute Gasteiger partial charge is 0.507 e. The zero-order valence-electron chi connectivity index (χ0n) is 22.4. The highest BCUT2D eigenvalue weighted by atomic mass is 19.1. The number of alkyl halides is 1. The van der Waals surface area contributed by atoms with Crippen molar-refractivity contribution in [1.29, 1.82) is 0 Å². The summed E-state index contributed by atoms with van der Waals surface area (Å²) < 4.78 is 55.8. The maximum Gasteiger partial charge on any atom is 0.245 e. The average molecular weight is 498 g/mol. The van der Waals surface area contributed by atoms with Crippen LogP contribution in [-0.4, -0.2) is 62.6 Å². The van der Waals surface area contributed by atoms with Crippen LogP contribution in [0.15, 0.2) is 36.5 Å². The molecule has 2 aliphatic heterocycles. The predicted octanol–water partition coefficient (Wildman–Crippen LogP) is 4.04. The van der Waals surface area contributed by atoms with Crippen LogP contribution in [0.3, 0.4) is 0 Å². The van der Waals surface area contributed by atoms with Gasteiger partial charge in [-0.05, 0) is 55.4 Å². The van der Waals surface area contributed by atoms with Crippen molar-refractivity contribution < 1.29 is 22.7 Å². The number of pyridine rings is 1. The zero-order valence-corrected chi connectivity index (χ0v) is 19.4. The van der Waals surface area contributed by atoms with Crippen molar-refractivity contribution in [2.75, 3.05) is 11.9 Å². The van der Waals surface area contributed by atoms with E-state index in [1.165, 1.54) is 18.3 Å². The molecule has 1 aliphatic carbocycles. The normalized spacial score (nSPS) is 27.0. The number of nitrogens with zero attached hydrogens (tertiary/aromatic N) is 5. The van der Waals surface area contributed by atoms with Crippen molar-refractivity contribution in [3.05, 3.63) is 42.5 Å². The summed E-state index contributed by atoms with van der Waals surface area (Å²) in [5.41, 5.74) is 1.37. The molecule has 3 fully saturated rings. The Morgan fingerprint density at radius 3 is 2.78 bits per heavy atom. The van der Waals surface area contributed by atoms with E-state index in [2.05, 4.69) is 25.5 Å². The molecule has 0 unspecified atom stereocenters. The summed E-state index contributed by atoms with van der Waals surface area (Å²) >= 11 is 0. The summed E-state index contributed by atoms with van der Waals surface area (Å²) in [6, 6.07) is 7.06. The minimum atomic E-state index is -2.78. The van der Waals surface area contributed by atoms with Crippen LogP contribution in [0.4, 0.5) is 14.7 Å². The Morgan fingerprint density at radius 2 is 2.03 bits per heavy atom. The second kappa shape index (κ2) is 9.24. The summed E-state index contributed by atoms with van der Waals surface area (Å²) in [6.45, 7) is 0. The molecular weight excluding hydrogens is 466 g/mol. The highest BCUT2D eigenvalue weighted by molar-refractivity contribution is 5.74. The molecule has 0 radical (unpaired) electrons. The molecule has 3 aliphatic rings. The van der Waals surface area contributed by atoms with Gasteiger partial charge >= 0.3 is 0 Å². The van der Waals surface area contributed by atoms with Gasteiger partial charge in [0.05, 0.1) is 23.4 Å². The molecular formula is C26H28F2N6O2. The summed E-state index contributed by atoms with van der Waals surface area (Å²) in [5.74, 6) is -1.08. The number of benzene rings is 1. The third kappa shape index (κ3) is 4.34. The van der Waals surface area contributed by atoms with E-state index in [0.717, 1.165) is 38.2 Å². The van der Waals surface area contributed by atoms with Crippen molar-refractivity contribution in [2.24, 2.45) is 0 Å². The molecule has 4 atom stereocenters. The minimum absolute atomic E-state index is 0.142. The van der Waals surface area contributed by atoms with Crippen molar-refractivity contribution >= 4 is 5.95 Å². The first-order valence-corrected chi connectivity index (χ1v) is 12.2. The number of phenols is 1. The Kier molecular flexibility index (Phi) is 5.07. The molecule has 188 valence electrons. The van der Waals surface area contributed by atoms with Crippen LogP contribution in [0.25, 0.3) is 22.4 Å². The highest BCUT2D eigenvalue weighted by Gasteiger charge is 2.47. The number of hydrogen-bond donors (Lipinski definition) is 2. The van der Waals surface area contributed by atoms with E-state index in [0.29, 0.717) is 35.2 Å². The highest BCUT2D eigenvalue weighted by Crippen LogP contribution is 2.39. The van der Waals surface area contributed by atoms with E-state index in [1.807, 2.05) is 4.90 Å². The van der Waals surface area contributed by atoms with Crippen LogP contribution in [0, 0.1) is 5.95 Å². The fraction of sp³-hybridized carbons (Fsp3) is 0.462. The molecule has 2 N–H and O–H groups in total. The number of phenolic OH excluding ortho intramolecular Hbond substituents is 1. The van der Waals surface area contributed by atoms with E-state index in [1.54, 1.807) is 12.1 Å². The second-order valence-corrected chi connectivity index (χ2v) is 9.78. The SMILES string of the molecule is [2H]C([2H])([2H])Oc1cc(-c2ccc(-c3cnc(N(C4CC4)[C@H]4C[C@@H]5CCC[C@H](N5)[C@H]4F)nn3)c(O)c2)cc(F)n1. The molecule has 10 heteroatoms. The van der Waals surface area contributed by atoms with Gasteiger partial charge in [0.15, 0.2) is 0 Å². The number of piperidine rings is 2. The standard InChI is InChI=1S/C26H28F2N6O2/c1-36-24-11-15(10-23(27)31-24)14-5-8-18(22(35)9-14)20-13-29-26(33-32-20)34(17-6-7-17)21-12-16-3-2-4-19(30-16)25(21)28/h5,8-11,13,16-17,19,21,25,30,35H,2-4,6-7,12H2,1H3/t16-,19-,21-,25+/m0/s1/i1D3. The number of methoxy groups -OCH3 is 1. The van der Waals surface area contributed by atoms with Gasteiger partial charge in [0.2, 0.25) is 17.8 Å². The molecule has 1 aromatic carbocycles. The summed E-state index contributed by atoms with van der Waals surface area (Å²) in [5, 5.41) is 22.8. The van der Waals surface area contributed by atoms with Crippen LogP contribution in [0.1, 0.15) is 42.6 Å². The van der Waals surface area contributed by atoms with Crippen LogP contribution < -0.4 is 15.0 Å². The first-order chi connectivity index (χ1) is 18.6. The Hall–Kier alpha value is -3.40. The van der Waals surface area contributed by atoms with Gasteiger partial charge in [0, 0.05) is 35.8 Å². The van der Waals surface area contributed by atoms with Crippen LogP contribution in [0.5, 0.6) is 11.6 Å². The molecule has 0 amide bonds. The Balaban J connectivity index is 1.24. The third-order valence-electron chi connectivity index (χ3n) is 7.36. The van der Waals surface area contributed by atoms with E-state index < -0.39 is 25.0 Å². The van der Waals surface area contributed by atoms with Gasteiger partial charge in [0.25, 0.3) is 0 Å². The molecule has 4 heterocycles. The van der Waals surface area contributed by atoms with Crippen molar-refractivity contribution in [1.82, 2.24) is 25.5 Å². The van der Waals surface area contributed by atoms with Crippen molar-refractivity contribution in [2.45, 2.75) is 68.9 Å². The average Bonchev–Trinajstić information content (AvgIpc) is 3.72. The van der Waals surface area contributed by atoms with Gasteiger partial charge < -0.3 is 20.1 Å². The second-order valence-electron chi connectivity index (χ2n) is 9.78. The Bertz CT molecular complexity index is 1360. The van der Waals surface area contributed by atoms with Crippen LogP contribution in [-0.2, 0) is 0 Å². The Morgan fingerprint density at radius 1 is 1.14 bits per heavy atom. The van der Waals surface area contributed by atoms with E-state index in [9.17, 15) is 9.50 Å². The number of nitrogens with one attached hydrogen (secondary N) is 1. The number of anilines is 1. The van der Waals surface area contributed by atoms with Gasteiger partial charge in [0.1, 0.15) is 17.6 Å². The number of ether oxygens (including phenoxy) is 1. The minimum Gasteiger partial charge on any atom is -0.507 e. The third-order valence-corrected chi connectivity index (χ3v) is 7.36. The summed E-state index contributed by atoms with van der Waals surface area (Å²) in [6.07, 6.45) is 6.06. The number of aromatic hydroxyl groups is 1. The molecule has 6 rings (SSSR count). The molecule has 1 saturated carbocycles. The molecule has 3 aromatic rings. The van der Waals surface area contributed by atoms with Gasteiger partial charge in [-0.25, -0.2) is 9.37 Å². The van der Waals surface area contributed by atoms with E-state index in [4.69, 9.17) is 8.85 Å². The number of rotatable bonds is 6. The first kappa shape index (κ1) is 19.7. The fourth-order valence-electron chi connectivity index (χ4n) is 5.51. The van der Waals surface area contributed by atoms with Crippen molar-refractivity contribution in [3.63, 3.8) is 0 Å². The van der Waals surface area contributed by atoms with Crippen molar-refractivity contribution in [3.8, 4) is 34.0 Å². The Labute approximate surface area is 212 Å². The van der Waals surface area contributed by atoms with Gasteiger partial charge in [-0.15, -0.1) is 10.2 Å². The molecule has 2 saturated heterocycles. The summed E-state index contributed by atoms with van der Waals surface area (Å²) in [4.78, 5) is 9.99. The van der Waals surface area contributed by atoms with Gasteiger partial charge in [-0.1, -0.05) is 12.5 Å². The first-order valence-electron chi connectivity index (χ1n) is 13.7. The van der Waals surface area contributed by atoms with Crippen LogP contribution in [0.2, 0.25) is 0 Å². The lowest BCUT2D eigenvalue weighted by Crippen LogP contribution is -2.62. The monoisotopic (exact) mass is 497 g/mol. The molecule has 2 bridgehead atoms. The topological polar surface area (TPSA) is 96.3 Å². The van der Waals surface area contributed by atoms with Crippen LogP contribution >= 0.6 is 0 Å².